The molecule has 0 aliphatic carbocycles. The first kappa shape index (κ1) is 11.9. The van der Waals surface area contributed by atoms with E-state index in [-0.39, 0.29) is 0 Å². The van der Waals surface area contributed by atoms with E-state index in [0.717, 1.165) is 32.0 Å². The van der Waals surface area contributed by atoms with E-state index in [1.807, 2.05) is 13.8 Å². The van der Waals surface area contributed by atoms with Crippen LogP contribution in [0.5, 0.6) is 0 Å². The summed E-state index contributed by atoms with van der Waals surface area (Å²) in [7, 11) is 0. The summed E-state index contributed by atoms with van der Waals surface area (Å²) >= 11 is 0. The van der Waals surface area contributed by atoms with Gasteiger partial charge in [0.15, 0.2) is 0 Å². The molecule has 1 fully saturated rings. The number of morpholine rings is 1. The van der Waals surface area contributed by atoms with Crippen LogP contribution in [0.15, 0.2) is 18.3 Å². The first-order valence-corrected chi connectivity index (χ1v) is 5.30. The molecule has 0 aromatic carbocycles. The maximum absolute atomic E-state index is 12.5. The van der Waals surface area contributed by atoms with Gasteiger partial charge in [0.2, 0.25) is 5.95 Å². The van der Waals surface area contributed by atoms with Gasteiger partial charge in [-0.25, -0.2) is 4.98 Å². The average molecular weight is 212 g/mol. The standard InChI is InChI=1S/C9H11FN2O.C2H6/c10-9-2-1-8(7-11-9)12-3-5-13-6-4-12;1-2/h1-2,7H,3-6H2;1-2H3. The van der Waals surface area contributed by atoms with Crippen molar-refractivity contribution in [2.75, 3.05) is 31.2 Å². The second-order valence-corrected chi connectivity index (χ2v) is 2.94. The molecule has 0 unspecified atom stereocenters. The zero-order chi connectivity index (χ0) is 11.1. The van der Waals surface area contributed by atoms with E-state index in [1.165, 1.54) is 6.07 Å². The summed E-state index contributed by atoms with van der Waals surface area (Å²) in [5, 5.41) is 0. The van der Waals surface area contributed by atoms with Gasteiger partial charge in [-0.3, -0.25) is 0 Å². The van der Waals surface area contributed by atoms with Crippen LogP contribution in [0.4, 0.5) is 10.1 Å². The van der Waals surface area contributed by atoms with Crippen LogP contribution in [0.2, 0.25) is 0 Å². The maximum Gasteiger partial charge on any atom is 0.212 e. The normalized spacial score (nSPS) is 15.5. The predicted molar refractivity (Wildman–Crippen MR) is 58.6 cm³/mol. The second kappa shape index (κ2) is 6.35. The largest absolute Gasteiger partial charge is 0.378 e. The summed E-state index contributed by atoms with van der Waals surface area (Å²) in [6.07, 6.45) is 1.56. The van der Waals surface area contributed by atoms with Crippen molar-refractivity contribution in [3.05, 3.63) is 24.3 Å². The first-order chi connectivity index (χ1) is 7.36. The number of hydrogen-bond donors (Lipinski definition) is 0. The van der Waals surface area contributed by atoms with Crippen LogP contribution in [0.3, 0.4) is 0 Å². The molecular weight excluding hydrogens is 195 g/mol. The van der Waals surface area contributed by atoms with Crippen LogP contribution < -0.4 is 4.90 Å². The number of ether oxygens (including phenoxy) is 1. The fourth-order valence-corrected chi connectivity index (χ4v) is 1.38. The molecular formula is C11H17FN2O. The van der Waals surface area contributed by atoms with Gasteiger partial charge in [0.25, 0.3) is 0 Å². The highest BCUT2D eigenvalue weighted by molar-refractivity contribution is 5.43. The Morgan fingerprint density at radius 2 is 1.93 bits per heavy atom. The number of hydrogen-bond acceptors (Lipinski definition) is 3. The molecule has 0 amide bonds. The van der Waals surface area contributed by atoms with Gasteiger partial charge >= 0.3 is 0 Å². The Kier molecular flexibility index (Phi) is 5.04. The Bertz CT molecular complexity index is 270. The van der Waals surface area contributed by atoms with E-state index >= 15 is 0 Å². The van der Waals surface area contributed by atoms with Crippen molar-refractivity contribution in [2.45, 2.75) is 13.8 Å². The molecule has 1 saturated heterocycles. The van der Waals surface area contributed by atoms with Crippen LogP contribution in [0, 0.1) is 5.95 Å². The number of anilines is 1. The molecule has 1 aromatic rings. The highest BCUT2D eigenvalue weighted by Crippen LogP contribution is 2.13. The molecule has 0 saturated carbocycles. The van der Waals surface area contributed by atoms with Crippen LogP contribution in [-0.2, 0) is 4.74 Å². The van der Waals surface area contributed by atoms with Crippen molar-refractivity contribution in [3.63, 3.8) is 0 Å². The molecule has 1 aliphatic heterocycles. The Balaban J connectivity index is 0.000000531. The van der Waals surface area contributed by atoms with Gasteiger partial charge in [0.1, 0.15) is 0 Å². The van der Waals surface area contributed by atoms with Crippen molar-refractivity contribution in [1.29, 1.82) is 0 Å². The smallest absolute Gasteiger partial charge is 0.212 e. The SMILES string of the molecule is CC.Fc1ccc(N2CCOCC2)cn1. The average Bonchev–Trinajstić information content (AvgIpc) is 2.34. The fraction of sp³-hybridized carbons (Fsp3) is 0.545. The van der Waals surface area contributed by atoms with Gasteiger partial charge in [-0.2, -0.15) is 4.39 Å². The van der Waals surface area contributed by atoms with Gasteiger partial charge in [-0.05, 0) is 12.1 Å². The van der Waals surface area contributed by atoms with Gasteiger partial charge in [-0.1, -0.05) is 13.8 Å². The van der Waals surface area contributed by atoms with Crippen molar-refractivity contribution in [2.24, 2.45) is 0 Å². The molecule has 0 spiro atoms. The number of rotatable bonds is 1. The van der Waals surface area contributed by atoms with Gasteiger partial charge in [0.05, 0.1) is 25.1 Å². The molecule has 1 aromatic heterocycles. The summed E-state index contributed by atoms with van der Waals surface area (Å²) in [4.78, 5) is 5.74. The summed E-state index contributed by atoms with van der Waals surface area (Å²) in [5.74, 6) is -0.433. The van der Waals surface area contributed by atoms with Crippen molar-refractivity contribution in [3.8, 4) is 0 Å². The number of halogens is 1. The monoisotopic (exact) mass is 212 g/mol. The fourth-order valence-electron chi connectivity index (χ4n) is 1.38. The third-order valence-electron chi connectivity index (χ3n) is 2.09. The Morgan fingerprint density at radius 1 is 1.27 bits per heavy atom. The molecule has 0 atom stereocenters. The van der Waals surface area contributed by atoms with Gasteiger partial charge in [0, 0.05) is 13.1 Å². The molecule has 0 bridgehead atoms. The van der Waals surface area contributed by atoms with E-state index in [4.69, 9.17) is 4.74 Å². The number of aromatic nitrogens is 1. The predicted octanol–water partition coefficient (Wildman–Crippen LogP) is 2.08. The second-order valence-electron chi connectivity index (χ2n) is 2.94. The number of pyridine rings is 1. The van der Waals surface area contributed by atoms with Gasteiger partial charge in [-0.15, -0.1) is 0 Å². The third-order valence-corrected chi connectivity index (χ3v) is 2.09. The van der Waals surface area contributed by atoms with Crippen LogP contribution in [0.25, 0.3) is 0 Å². The van der Waals surface area contributed by atoms with Crippen LogP contribution in [0.1, 0.15) is 13.8 Å². The lowest BCUT2D eigenvalue weighted by Gasteiger charge is -2.28. The molecule has 3 nitrogen and oxygen atoms in total. The molecule has 15 heavy (non-hydrogen) atoms. The summed E-state index contributed by atoms with van der Waals surface area (Å²) in [6, 6.07) is 3.12. The van der Waals surface area contributed by atoms with Crippen molar-refractivity contribution >= 4 is 5.69 Å². The zero-order valence-electron chi connectivity index (χ0n) is 9.24. The lowest BCUT2D eigenvalue weighted by molar-refractivity contribution is 0.122. The molecule has 2 rings (SSSR count). The zero-order valence-corrected chi connectivity index (χ0v) is 9.24. The topological polar surface area (TPSA) is 25.4 Å². The summed E-state index contributed by atoms with van der Waals surface area (Å²) < 4.78 is 17.7. The minimum atomic E-state index is -0.433. The minimum absolute atomic E-state index is 0.433. The Labute approximate surface area is 89.9 Å². The quantitative estimate of drug-likeness (QED) is 0.666. The van der Waals surface area contributed by atoms with Crippen molar-refractivity contribution < 1.29 is 9.13 Å². The van der Waals surface area contributed by atoms with E-state index in [9.17, 15) is 4.39 Å². The number of nitrogens with zero attached hydrogens (tertiary/aromatic N) is 2. The minimum Gasteiger partial charge on any atom is -0.378 e. The van der Waals surface area contributed by atoms with E-state index in [2.05, 4.69) is 9.88 Å². The molecule has 0 N–H and O–H groups in total. The summed E-state index contributed by atoms with van der Waals surface area (Å²) in [5.41, 5.74) is 0.963. The molecule has 84 valence electrons. The molecule has 2 heterocycles. The van der Waals surface area contributed by atoms with Gasteiger partial charge < -0.3 is 9.64 Å². The highest BCUT2D eigenvalue weighted by atomic mass is 19.1. The molecule has 0 radical (unpaired) electrons. The molecule has 4 heteroatoms. The lowest BCUT2D eigenvalue weighted by atomic mass is 10.3. The first-order valence-electron chi connectivity index (χ1n) is 5.30. The van der Waals surface area contributed by atoms with E-state index < -0.39 is 5.95 Å². The maximum atomic E-state index is 12.5. The van der Waals surface area contributed by atoms with Crippen molar-refractivity contribution in [1.82, 2.24) is 4.98 Å². The van der Waals surface area contributed by atoms with E-state index in [0.29, 0.717) is 0 Å². The third kappa shape index (κ3) is 3.47. The van der Waals surface area contributed by atoms with Crippen LogP contribution >= 0.6 is 0 Å². The Morgan fingerprint density at radius 3 is 2.47 bits per heavy atom. The molecule has 1 aliphatic rings. The lowest BCUT2D eigenvalue weighted by Crippen LogP contribution is -2.36. The van der Waals surface area contributed by atoms with E-state index in [1.54, 1.807) is 12.3 Å². The Hall–Kier alpha value is -1.16. The van der Waals surface area contributed by atoms with Crippen LogP contribution in [-0.4, -0.2) is 31.3 Å². The summed E-state index contributed by atoms with van der Waals surface area (Å²) in [6.45, 7) is 7.18. The highest BCUT2D eigenvalue weighted by Gasteiger charge is 2.10.